The summed E-state index contributed by atoms with van der Waals surface area (Å²) in [5, 5.41) is 0. The van der Waals surface area contributed by atoms with Crippen molar-refractivity contribution < 1.29 is 28.9 Å². The van der Waals surface area contributed by atoms with Gasteiger partial charge in [0.15, 0.2) is 0 Å². The van der Waals surface area contributed by atoms with E-state index in [1.807, 2.05) is 13.0 Å². The number of alkyl halides is 2. The van der Waals surface area contributed by atoms with E-state index >= 15 is 0 Å². The molecule has 1 aromatic heterocycles. The second-order valence-electron chi connectivity index (χ2n) is 4.83. The van der Waals surface area contributed by atoms with E-state index in [1.165, 1.54) is 0 Å². The van der Waals surface area contributed by atoms with Crippen LogP contribution in [-0.4, -0.2) is 16.3 Å². The Balaban J connectivity index is 0.00000108. The maximum atomic E-state index is 14.4. The molecule has 2 aliphatic rings. The number of fused-ring (bicyclic) bond motifs is 2. The quantitative estimate of drug-likeness (QED) is 0.646. The minimum absolute atomic E-state index is 0. The van der Waals surface area contributed by atoms with E-state index in [0.29, 0.717) is 11.3 Å². The molecule has 3 rings (SSSR count). The van der Waals surface area contributed by atoms with Crippen molar-refractivity contribution in [3.05, 3.63) is 35.7 Å². The Morgan fingerprint density at radius 2 is 2.12 bits per heavy atom. The molecule has 0 N–H and O–H groups in total. The molecule has 0 aromatic carbocycles. The van der Waals surface area contributed by atoms with Gasteiger partial charge >= 0.3 is 0 Å². The SMILES string of the molecule is Cc1ccnc(C2=[C-]C3(F)CCC2(F)C3)c1.[Ir]. The molecule has 2 unspecified atom stereocenters. The average molecular weight is 412 g/mol. The van der Waals surface area contributed by atoms with Gasteiger partial charge < -0.3 is 4.98 Å². The summed E-state index contributed by atoms with van der Waals surface area (Å²) in [6.07, 6.45) is 4.71. The van der Waals surface area contributed by atoms with Gasteiger partial charge in [-0.1, -0.05) is 11.3 Å². The summed E-state index contributed by atoms with van der Waals surface area (Å²) < 4.78 is 28.4. The smallest absolute Gasteiger partial charge is 0.107 e. The predicted molar refractivity (Wildman–Crippen MR) is 57.2 cm³/mol. The maximum Gasteiger partial charge on any atom is 0.107 e. The summed E-state index contributed by atoms with van der Waals surface area (Å²) in [6, 6.07) is 3.63. The van der Waals surface area contributed by atoms with Crippen LogP contribution in [0, 0.1) is 13.0 Å². The molecule has 93 valence electrons. The van der Waals surface area contributed by atoms with Crippen molar-refractivity contribution in [3.63, 3.8) is 0 Å². The summed E-state index contributed by atoms with van der Waals surface area (Å²) >= 11 is 0. The van der Waals surface area contributed by atoms with Crippen LogP contribution in [0.2, 0.25) is 0 Å². The minimum Gasteiger partial charge on any atom is -0.351 e. The van der Waals surface area contributed by atoms with Crippen molar-refractivity contribution in [2.24, 2.45) is 0 Å². The van der Waals surface area contributed by atoms with Gasteiger partial charge in [-0.25, -0.2) is 10.5 Å². The van der Waals surface area contributed by atoms with E-state index in [-0.39, 0.29) is 39.4 Å². The van der Waals surface area contributed by atoms with Crippen molar-refractivity contribution in [2.45, 2.75) is 37.5 Å². The monoisotopic (exact) mass is 413 g/mol. The van der Waals surface area contributed by atoms with Crippen LogP contribution in [-0.2, 0) is 20.1 Å². The minimum atomic E-state index is -1.56. The Hall–Kier alpha value is -0.601. The third kappa shape index (κ3) is 1.98. The first kappa shape index (κ1) is 12.8. The second kappa shape index (κ2) is 3.96. The van der Waals surface area contributed by atoms with Gasteiger partial charge in [0.2, 0.25) is 0 Å². The molecule has 1 aromatic rings. The predicted octanol–water partition coefficient (Wildman–Crippen LogP) is 3.19. The van der Waals surface area contributed by atoms with Gasteiger partial charge in [-0.3, -0.25) is 4.39 Å². The zero-order chi connectivity index (χ0) is 11.4. The third-order valence-electron chi connectivity index (χ3n) is 3.45. The van der Waals surface area contributed by atoms with Crippen molar-refractivity contribution >= 4 is 5.57 Å². The molecule has 0 amide bonds. The van der Waals surface area contributed by atoms with Gasteiger partial charge in [-0.2, -0.15) is 5.57 Å². The summed E-state index contributed by atoms with van der Waals surface area (Å²) in [4.78, 5) is 4.11. The molecule has 2 atom stereocenters. The fourth-order valence-electron chi connectivity index (χ4n) is 2.64. The number of hydrogen-bond donors (Lipinski definition) is 0. The Morgan fingerprint density at radius 1 is 1.35 bits per heavy atom. The van der Waals surface area contributed by atoms with E-state index in [9.17, 15) is 8.78 Å². The average Bonchev–Trinajstić information content (AvgIpc) is 2.66. The summed E-state index contributed by atoms with van der Waals surface area (Å²) in [5.41, 5.74) is -1.25. The number of allylic oxidation sites excluding steroid dienone is 2. The van der Waals surface area contributed by atoms with Crippen LogP contribution in [0.1, 0.15) is 30.5 Å². The van der Waals surface area contributed by atoms with Crippen LogP contribution in [0.5, 0.6) is 0 Å². The first-order chi connectivity index (χ1) is 7.51. The topological polar surface area (TPSA) is 12.9 Å². The van der Waals surface area contributed by atoms with Crippen LogP contribution in [0.4, 0.5) is 8.78 Å². The Labute approximate surface area is 113 Å². The molecule has 1 heterocycles. The summed E-state index contributed by atoms with van der Waals surface area (Å²) in [6.45, 7) is 1.91. The van der Waals surface area contributed by atoms with E-state index < -0.39 is 11.3 Å². The van der Waals surface area contributed by atoms with Crippen molar-refractivity contribution in [1.29, 1.82) is 0 Å². The number of hydrogen-bond acceptors (Lipinski definition) is 1. The number of aromatic nitrogens is 1. The number of nitrogens with zero attached hydrogens (tertiary/aromatic N) is 1. The van der Waals surface area contributed by atoms with Gasteiger partial charge in [0.05, 0.1) is 5.67 Å². The van der Waals surface area contributed by atoms with Crippen LogP contribution < -0.4 is 0 Å². The molecule has 0 spiro atoms. The first-order valence-corrected chi connectivity index (χ1v) is 5.47. The standard InChI is InChI=1S/C13H12F2N.Ir/c1-9-2-5-16-11(6-9)10-7-12(14)3-4-13(10,15)8-12;/h2,5-6H,3-4,8H2,1H3;/q-1;. The Morgan fingerprint density at radius 3 is 2.65 bits per heavy atom. The van der Waals surface area contributed by atoms with E-state index in [1.54, 1.807) is 12.3 Å². The van der Waals surface area contributed by atoms with E-state index in [0.717, 1.165) is 5.56 Å². The molecule has 1 saturated carbocycles. The van der Waals surface area contributed by atoms with Crippen LogP contribution in [0.25, 0.3) is 5.57 Å². The van der Waals surface area contributed by atoms with Gasteiger partial charge in [0.25, 0.3) is 0 Å². The molecule has 2 bridgehead atoms. The maximum absolute atomic E-state index is 14.4. The Kier molecular flexibility index (Phi) is 2.99. The first-order valence-electron chi connectivity index (χ1n) is 5.47. The van der Waals surface area contributed by atoms with Crippen molar-refractivity contribution in [3.8, 4) is 0 Å². The third-order valence-corrected chi connectivity index (χ3v) is 3.45. The van der Waals surface area contributed by atoms with Gasteiger partial charge in [-0.15, -0.1) is 6.07 Å². The van der Waals surface area contributed by atoms with Crippen molar-refractivity contribution in [2.75, 3.05) is 0 Å². The molecule has 1 nitrogen and oxygen atoms in total. The van der Waals surface area contributed by atoms with E-state index in [2.05, 4.69) is 11.1 Å². The van der Waals surface area contributed by atoms with Crippen LogP contribution in [0.3, 0.4) is 0 Å². The molecule has 2 aliphatic carbocycles. The van der Waals surface area contributed by atoms with Gasteiger partial charge in [0, 0.05) is 32.7 Å². The molecule has 0 saturated heterocycles. The largest absolute Gasteiger partial charge is 0.351 e. The fraction of sp³-hybridized carbons (Fsp3) is 0.462. The van der Waals surface area contributed by atoms with Gasteiger partial charge in [0.1, 0.15) is 5.67 Å². The number of pyridine rings is 1. The zero-order valence-corrected chi connectivity index (χ0v) is 11.8. The summed E-state index contributed by atoms with van der Waals surface area (Å²) in [5.74, 6) is 0. The molecule has 0 aliphatic heterocycles. The van der Waals surface area contributed by atoms with Crippen molar-refractivity contribution in [1.82, 2.24) is 4.98 Å². The molecule has 4 heteroatoms. The number of rotatable bonds is 1. The molecular formula is C13H12F2IrN-. The fourth-order valence-corrected chi connectivity index (χ4v) is 2.64. The van der Waals surface area contributed by atoms with Gasteiger partial charge in [-0.05, 0) is 25.8 Å². The van der Waals surface area contributed by atoms with E-state index in [4.69, 9.17) is 0 Å². The zero-order valence-electron chi connectivity index (χ0n) is 9.39. The molecule has 1 fully saturated rings. The number of halogens is 2. The van der Waals surface area contributed by atoms with Crippen LogP contribution >= 0.6 is 0 Å². The summed E-state index contributed by atoms with van der Waals surface area (Å²) in [7, 11) is 0. The molecule has 17 heavy (non-hydrogen) atoms. The second-order valence-corrected chi connectivity index (χ2v) is 4.83. The van der Waals surface area contributed by atoms with Crippen LogP contribution in [0.15, 0.2) is 18.3 Å². The molecule has 1 radical (unpaired) electrons. The Bertz CT molecular complexity index is 488. The normalized spacial score (nSPS) is 34.4. The molecular weight excluding hydrogens is 400 g/mol. The number of aryl methyl sites for hydroxylation is 1.